The Bertz CT molecular complexity index is 991. The number of benzene rings is 2. The quantitative estimate of drug-likeness (QED) is 0.649. The lowest BCUT2D eigenvalue weighted by molar-refractivity contribution is -0.127. The molecule has 0 spiro atoms. The van der Waals surface area contributed by atoms with E-state index in [1.165, 1.54) is 4.31 Å². The van der Waals surface area contributed by atoms with E-state index in [4.69, 9.17) is 9.47 Å². The monoisotopic (exact) mass is 432 g/mol. The normalized spacial score (nSPS) is 16.0. The molecule has 0 bridgehead atoms. The molecule has 1 N–H and O–H groups in total. The minimum atomic E-state index is -3.53. The molecule has 0 radical (unpaired) electrons. The SMILES string of the molecule is CCS(=O)(=O)N1C[C@@H](C(=O)NCCOc2ccccc2C(C)C)Oc2ccccc21. The summed E-state index contributed by atoms with van der Waals surface area (Å²) in [6, 6.07) is 14.6. The Kier molecular flexibility index (Phi) is 6.87. The van der Waals surface area contributed by atoms with Gasteiger partial charge in [-0.05, 0) is 36.6 Å². The minimum absolute atomic E-state index is 0.0568. The van der Waals surface area contributed by atoms with Crippen LogP contribution in [0.15, 0.2) is 48.5 Å². The summed E-state index contributed by atoms with van der Waals surface area (Å²) in [6.07, 6.45) is -0.927. The van der Waals surface area contributed by atoms with E-state index in [0.717, 1.165) is 11.3 Å². The van der Waals surface area contributed by atoms with Crippen molar-refractivity contribution in [3.63, 3.8) is 0 Å². The maximum absolute atomic E-state index is 12.6. The fourth-order valence-electron chi connectivity index (χ4n) is 3.30. The molecule has 0 aliphatic carbocycles. The Labute approximate surface area is 178 Å². The van der Waals surface area contributed by atoms with Crippen LogP contribution >= 0.6 is 0 Å². The van der Waals surface area contributed by atoms with Crippen molar-refractivity contribution in [2.45, 2.75) is 32.8 Å². The van der Waals surface area contributed by atoms with Gasteiger partial charge in [-0.25, -0.2) is 8.42 Å². The van der Waals surface area contributed by atoms with Crippen molar-refractivity contribution in [3.05, 3.63) is 54.1 Å². The average Bonchev–Trinajstić information content (AvgIpc) is 2.75. The van der Waals surface area contributed by atoms with Gasteiger partial charge in [-0.1, -0.05) is 44.2 Å². The third-order valence-electron chi connectivity index (χ3n) is 4.93. The smallest absolute Gasteiger partial charge is 0.263 e. The molecule has 8 heteroatoms. The molecule has 1 atom stereocenters. The zero-order valence-corrected chi connectivity index (χ0v) is 18.3. The first-order chi connectivity index (χ1) is 14.3. The molecule has 7 nitrogen and oxygen atoms in total. The van der Waals surface area contributed by atoms with E-state index < -0.39 is 16.1 Å². The summed E-state index contributed by atoms with van der Waals surface area (Å²) in [7, 11) is -3.53. The summed E-state index contributed by atoms with van der Waals surface area (Å²) in [5.74, 6) is 1.08. The minimum Gasteiger partial charge on any atom is -0.491 e. The molecule has 0 aromatic heterocycles. The van der Waals surface area contributed by atoms with Crippen LogP contribution in [0.2, 0.25) is 0 Å². The van der Waals surface area contributed by atoms with Gasteiger partial charge in [0.2, 0.25) is 10.0 Å². The Morgan fingerprint density at radius 2 is 1.90 bits per heavy atom. The van der Waals surface area contributed by atoms with Crippen LogP contribution in [-0.4, -0.2) is 45.9 Å². The predicted octanol–water partition coefficient (Wildman–Crippen LogP) is 2.92. The van der Waals surface area contributed by atoms with Crippen LogP contribution in [0.25, 0.3) is 0 Å². The van der Waals surface area contributed by atoms with Gasteiger partial charge in [-0.15, -0.1) is 0 Å². The first-order valence-corrected chi connectivity index (χ1v) is 11.7. The third-order valence-corrected chi connectivity index (χ3v) is 6.67. The lowest BCUT2D eigenvalue weighted by Crippen LogP contribution is -2.51. The van der Waals surface area contributed by atoms with E-state index in [1.54, 1.807) is 31.2 Å². The number of carbonyl (C=O) groups is 1. The van der Waals surface area contributed by atoms with Crippen molar-refractivity contribution < 1.29 is 22.7 Å². The van der Waals surface area contributed by atoms with Gasteiger partial charge < -0.3 is 14.8 Å². The molecule has 30 heavy (non-hydrogen) atoms. The number of carbonyl (C=O) groups excluding carboxylic acids is 1. The molecule has 0 unspecified atom stereocenters. The number of para-hydroxylation sites is 3. The van der Waals surface area contributed by atoms with Gasteiger partial charge in [0.05, 0.1) is 24.5 Å². The van der Waals surface area contributed by atoms with Crippen LogP contribution in [-0.2, 0) is 14.8 Å². The average molecular weight is 433 g/mol. The van der Waals surface area contributed by atoms with E-state index in [9.17, 15) is 13.2 Å². The number of amides is 1. The number of fused-ring (bicyclic) bond motifs is 1. The summed E-state index contributed by atoms with van der Waals surface area (Å²) in [4.78, 5) is 12.6. The van der Waals surface area contributed by atoms with Crippen molar-refractivity contribution in [2.24, 2.45) is 0 Å². The lowest BCUT2D eigenvalue weighted by Gasteiger charge is -2.34. The second-order valence-corrected chi connectivity index (χ2v) is 9.52. The highest BCUT2D eigenvalue weighted by atomic mass is 32.2. The number of nitrogens with one attached hydrogen (secondary N) is 1. The fourth-order valence-corrected chi connectivity index (χ4v) is 4.42. The van der Waals surface area contributed by atoms with Gasteiger partial charge in [0.1, 0.15) is 18.1 Å². The summed E-state index contributed by atoms with van der Waals surface area (Å²) in [5, 5.41) is 2.78. The Morgan fingerprint density at radius 1 is 1.20 bits per heavy atom. The maximum atomic E-state index is 12.6. The molecular formula is C22H28N2O5S. The van der Waals surface area contributed by atoms with Gasteiger partial charge in [-0.3, -0.25) is 9.10 Å². The topological polar surface area (TPSA) is 84.9 Å². The third kappa shape index (κ3) is 4.87. The van der Waals surface area contributed by atoms with Gasteiger partial charge >= 0.3 is 0 Å². The zero-order chi connectivity index (χ0) is 21.7. The Morgan fingerprint density at radius 3 is 2.63 bits per heavy atom. The van der Waals surface area contributed by atoms with Crippen molar-refractivity contribution in [1.82, 2.24) is 5.32 Å². The van der Waals surface area contributed by atoms with E-state index in [-0.39, 0.29) is 24.7 Å². The first kappa shape index (κ1) is 22.0. The molecule has 1 amide bonds. The van der Waals surface area contributed by atoms with Gasteiger partial charge in [0, 0.05) is 0 Å². The van der Waals surface area contributed by atoms with E-state index in [0.29, 0.717) is 24.0 Å². The molecule has 2 aromatic rings. The molecule has 162 valence electrons. The number of rotatable bonds is 8. The van der Waals surface area contributed by atoms with E-state index in [2.05, 4.69) is 19.2 Å². The Hall–Kier alpha value is -2.74. The standard InChI is InChI=1S/C22H28N2O5S/c1-4-30(26,27)24-15-21(29-20-12-8-6-10-18(20)24)22(25)23-13-14-28-19-11-7-5-9-17(19)16(2)3/h5-12,16,21H,4,13-15H2,1-3H3,(H,23,25)/t21-/m0/s1. The summed E-state index contributed by atoms with van der Waals surface area (Å²) >= 11 is 0. The van der Waals surface area contributed by atoms with Crippen LogP contribution in [0, 0.1) is 0 Å². The van der Waals surface area contributed by atoms with Crippen molar-refractivity contribution in [1.29, 1.82) is 0 Å². The second-order valence-electron chi connectivity index (χ2n) is 7.34. The van der Waals surface area contributed by atoms with Gasteiger partial charge in [0.25, 0.3) is 5.91 Å². The first-order valence-electron chi connectivity index (χ1n) is 10.1. The number of ether oxygens (including phenoxy) is 2. The lowest BCUT2D eigenvalue weighted by atomic mass is 10.0. The molecule has 0 fully saturated rings. The van der Waals surface area contributed by atoms with Gasteiger partial charge in [-0.2, -0.15) is 0 Å². The van der Waals surface area contributed by atoms with E-state index in [1.807, 2.05) is 24.3 Å². The molecule has 0 saturated heterocycles. The Balaban J connectivity index is 1.61. The number of hydrogen-bond acceptors (Lipinski definition) is 5. The van der Waals surface area contributed by atoms with Crippen molar-refractivity contribution in [3.8, 4) is 11.5 Å². The molecule has 1 aliphatic heterocycles. The molecule has 0 saturated carbocycles. The number of hydrogen-bond donors (Lipinski definition) is 1. The molecule has 3 rings (SSSR count). The fraction of sp³-hybridized carbons (Fsp3) is 0.409. The van der Waals surface area contributed by atoms with Crippen LogP contribution in [0.5, 0.6) is 11.5 Å². The van der Waals surface area contributed by atoms with Crippen LogP contribution in [0.3, 0.4) is 0 Å². The molecule has 2 aromatic carbocycles. The highest BCUT2D eigenvalue weighted by molar-refractivity contribution is 7.92. The molecule has 1 aliphatic rings. The summed E-state index contributed by atoms with van der Waals surface area (Å²) in [6.45, 7) is 6.30. The van der Waals surface area contributed by atoms with Crippen LogP contribution in [0.1, 0.15) is 32.3 Å². The van der Waals surface area contributed by atoms with Crippen LogP contribution < -0.4 is 19.1 Å². The maximum Gasteiger partial charge on any atom is 0.263 e. The predicted molar refractivity (Wildman–Crippen MR) is 117 cm³/mol. The number of anilines is 1. The van der Waals surface area contributed by atoms with Crippen molar-refractivity contribution in [2.75, 3.05) is 29.8 Å². The number of sulfonamides is 1. The van der Waals surface area contributed by atoms with Crippen molar-refractivity contribution >= 4 is 21.6 Å². The molecule has 1 heterocycles. The highest BCUT2D eigenvalue weighted by Crippen LogP contribution is 2.35. The zero-order valence-electron chi connectivity index (χ0n) is 17.5. The molecular weight excluding hydrogens is 404 g/mol. The van der Waals surface area contributed by atoms with E-state index >= 15 is 0 Å². The number of nitrogens with zero attached hydrogens (tertiary/aromatic N) is 1. The summed E-state index contributed by atoms with van der Waals surface area (Å²) in [5.41, 5.74) is 1.56. The van der Waals surface area contributed by atoms with Gasteiger partial charge in [0.15, 0.2) is 6.10 Å². The largest absolute Gasteiger partial charge is 0.491 e. The second kappa shape index (κ2) is 9.38. The van der Waals surface area contributed by atoms with Crippen LogP contribution in [0.4, 0.5) is 5.69 Å². The summed E-state index contributed by atoms with van der Waals surface area (Å²) < 4.78 is 37.9. The highest BCUT2D eigenvalue weighted by Gasteiger charge is 2.35.